The first-order valence-electron chi connectivity index (χ1n) is 6.87. The Labute approximate surface area is 117 Å². The van der Waals surface area contributed by atoms with Crippen LogP contribution in [0, 0.1) is 0 Å². The Balaban J connectivity index is 2.31. The van der Waals surface area contributed by atoms with Crippen molar-refractivity contribution in [2.24, 2.45) is 0 Å². The van der Waals surface area contributed by atoms with Crippen molar-refractivity contribution in [1.82, 2.24) is 4.90 Å². The van der Waals surface area contributed by atoms with Gasteiger partial charge in [0.05, 0.1) is 6.10 Å². The lowest BCUT2D eigenvalue weighted by Crippen LogP contribution is -2.43. The first-order valence-corrected chi connectivity index (χ1v) is 9.78. The molecule has 0 spiro atoms. The van der Waals surface area contributed by atoms with Crippen LogP contribution in [0.1, 0.15) is 33.6 Å². The quantitative estimate of drug-likeness (QED) is 0.641. The average Bonchev–Trinajstić information content (AvgIpc) is 2.28. The Bertz CT molecular complexity index is 306. The SMILES string of the molecule is CC(C)(C)[Si](C)(C)OCOC(=O)N1CCC(O)CC1. The van der Waals surface area contributed by atoms with E-state index >= 15 is 0 Å². The molecule has 19 heavy (non-hydrogen) atoms. The number of carbonyl (C=O) groups is 1. The molecule has 1 amide bonds. The highest BCUT2D eigenvalue weighted by molar-refractivity contribution is 6.74. The van der Waals surface area contributed by atoms with Crippen LogP contribution in [-0.2, 0) is 9.16 Å². The van der Waals surface area contributed by atoms with Crippen LogP contribution in [0.15, 0.2) is 0 Å². The smallest absolute Gasteiger partial charge is 0.411 e. The third kappa shape index (κ3) is 4.78. The van der Waals surface area contributed by atoms with Crippen LogP contribution in [0.3, 0.4) is 0 Å². The number of hydrogen-bond acceptors (Lipinski definition) is 4. The molecule has 0 aromatic heterocycles. The molecule has 0 radical (unpaired) electrons. The summed E-state index contributed by atoms with van der Waals surface area (Å²) in [6.07, 6.45) is 0.620. The fourth-order valence-corrected chi connectivity index (χ4v) is 2.37. The predicted octanol–water partition coefficient (Wildman–Crippen LogP) is 2.56. The summed E-state index contributed by atoms with van der Waals surface area (Å²) >= 11 is 0. The Morgan fingerprint density at radius 2 is 1.84 bits per heavy atom. The van der Waals surface area contributed by atoms with Gasteiger partial charge in [-0.3, -0.25) is 0 Å². The number of hydrogen-bond donors (Lipinski definition) is 1. The van der Waals surface area contributed by atoms with E-state index in [0.29, 0.717) is 25.9 Å². The van der Waals surface area contributed by atoms with Gasteiger partial charge in [0.15, 0.2) is 15.1 Å². The number of aliphatic hydroxyl groups is 1. The van der Waals surface area contributed by atoms with Crippen LogP contribution >= 0.6 is 0 Å². The third-order valence-electron chi connectivity index (χ3n) is 4.13. The highest BCUT2D eigenvalue weighted by atomic mass is 28.4. The maximum absolute atomic E-state index is 11.8. The van der Waals surface area contributed by atoms with Crippen LogP contribution in [0.2, 0.25) is 18.1 Å². The molecule has 112 valence electrons. The Hall–Kier alpha value is -0.593. The van der Waals surface area contributed by atoms with Gasteiger partial charge in [-0.2, -0.15) is 0 Å². The van der Waals surface area contributed by atoms with Crippen LogP contribution in [-0.4, -0.2) is 50.4 Å². The normalized spacial score (nSPS) is 18.5. The number of amides is 1. The highest BCUT2D eigenvalue weighted by Crippen LogP contribution is 2.36. The lowest BCUT2D eigenvalue weighted by atomic mass is 10.1. The topological polar surface area (TPSA) is 59.0 Å². The van der Waals surface area contributed by atoms with E-state index in [4.69, 9.17) is 9.16 Å². The van der Waals surface area contributed by atoms with Crippen molar-refractivity contribution in [2.75, 3.05) is 19.9 Å². The molecule has 0 aliphatic carbocycles. The van der Waals surface area contributed by atoms with Gasteiger partial charge in [-0.25, -0.2) is 4.79 Å². The van der Waals surface area contributed by atoms with Gasteiger partial charge < -0.3 is 19.2 Å². The molecule has 1 rings (SSSR count). The van der Waals surface area contributed by atoms with Crippen molar-refractivity contribution < 1.29 is 19.1 Å². The second kappa shape index (κ2) is 6.24. The number of aliphatic hydroxyl groups excluding tert-OH is 1. The molecule has 0 atom stereocenters. The molecule has 1 fully saturated rings. The van der Waals surface area contributed by atoms with Gasteiger partial charge in [0.25, 0.3) is 0 Å². The molecule has 1 aliphatic rings. The molecule has 0 saturated carbocycles. The molecular weight excluding hydrogens is 262 g/mol. The minimum absolute atomic E-state index is 0.0222. The molecule has 5 nitrogen and oxygen atoms in total. The monoisotopic (exact) mass is 289 g/mol. The van der Waals surface area contributed by atoms with Crippen molar-refractivity contribution >= 4 is 14.4 Å². The molecule has 0 aromatic carbocycles. The van der Waals surface area contributed by atoms with Crippen LogP contribution in [0.5, 0.6) is 0 Å². The molecule has 1 saturated heterocycles. The van der Waals surface area contributed by atoms with Gasteiger partial charge in [0, 0.05) is 13.1 Å². The molecule has 1 aliphatic heterocycles. The highest BCUT2D eigenvalue weighted by Gasteiger charge is 2.37. The van der Waals surface area contributed by atoms with E-state index in [9.17, 15) is 9.90 Å². The van der Waals surface area contributed by atoms with E-state index in [1.807, 2.05) is 0 Å². The summed E-state index contributed by atoms with van der Waals surface area (Å²) in [7, 11) is -1.87. The first-order chi connectivity index (χ1) is 8.63. The van der Waals surface area contributed by atoms with Gasteiger partial charge in [0.1, 0.15) is 0 Å². The van der Waals surface area contributed by atoms with Gasteiger partial charge in [0.2, 0.25) is 0 Å². The lowest BCUT2D eigenvalue weighted by molar-refractivity contribution is 0.0144. The second-order valence-corrected chi connectivity index (χ2v) is 11.5. The van der Waals surface area contributed by atoms with Gasteiger partial charge >= 0.3 is 6.09 Å². The molecular formula is C13H27NO4Si. The van der Waals surface area contributed by atoms with Crippen molar-refractivity contribution in [3.8, 4) is 0 Å². The van der Waals surface area contributed by atoms with Crippen molar-refractivity contribution in [3.63, 3.8) is 0 Å². The summed E-state index contributed by atoms with van der Waals surface area (Å²) in [5.41, 5.74) is 0. The maximum atomic E-state index is 11.8. The Kier molecular flexibility index (Phi) is 5.40. The van der Waals surface area contributed by atoms with E-state index in [0.717, 1.165) is 0 Å². The van der Waals surface area contributed by atoms with Crippen LogP contribution in [0.25, 0.3) is 0 Å². The Morgan fingerprint density at radius 3 is 2.32 bits per heavy atom. The maximum Gasteiger partial charge on any atom is 0.411 e. The molecule has 6 heteroatoms. The van der Waals surface area contributed by atoms with E-state index < -0.39 is 8.32 Å². The largest absolute Gasteiger partial charge is 0.423 e. The number of nitrogens with zero attached hydrogens (tertiary/aromatic N) is 1. The zero-order valence-corrected chi connectivity index (χ0v) is 13.7. The summed E-state index contributed by atoms with van der Waals surface area (Å²) < 4.78 is 11.0. The summed E-state index contributed by atoms with van der Waals surface area (Å²) in [6.45, 7) is 11.8. The average molecular weight is 289 g/mol. The summed E-state index contributed by atoms with van der Waals surface area (Å²) in [5, 5.41) is 9.49. The summed E-state index contributed by atoms with van der Waals surface area (Å²) in [6, 6.07) is 0. The van der Waals surface area contributed by atoms with Gasteiger partial charge in [-0.1, -0.05) is 20.8 Å². The zero-order valence-electron chi connectivity index (χ0n) is 12.7. The fraction of sp³-hybridized carbons (Fsp3) is 0.923. The van der Waals surface area contributed by atoms with E-state index in [-0.39, 0.29) is 24.0 Å². The van der Waals surface area contributed by atoms with E-state index in [2.05, 4.69) is 33.9 Å². The predicted molar refractivity (Wildman–Crippen MR) is 76.4 cm³/mol. The number of piperidine rings is 1. The van der Waals surface area contributed by atoms with Crippen molar-refractivity contribution in [3.05, 3.63) is 0 Å². The number of ether oxygens (including phenoxy) is 1. The Morgan fingerprint density at radius 1 is 1.32 bits per heavy atom. The number of rotatable bonds is 3. The number of likely N-dealkylation sites (tertiary alicyclic amines) is 1. The van der Waals surface area contributed by atoms with Crippen molar-refractivity contribution in [2.45, 2.75) is 57.8 Å². The summed E-state index contributed by atoms with van der Waals surface area (Å²) in [4.78, 5) is 13.4. The minimum atomic E-state index is -1.87. The standard InChI is InChI=1S/C13H27NO4Si/c1-13(2,3)19(4,5)18-10-17-12(16)14-8-6-11(15)7-9-14/h11,15H,6-10H2,1-5H3. The first kappa shape index (κ1) is 16.5. The van der Waals surface area contributed by atoms with Gasteiger partial charge in [-0.05, 0) is 31.0 Å². The second-order valence-electron chi connectivity index (χ2n) is 6.65. The van der Waals surface area contributed by atoms with Crippen LogP contribution in [0.4, 0.5) is 4.79 Å². The summed E-state index contributed by atoms with van der Waals surface area (Å²) in [5.74, 6) is 0. The molecule has 0 bridgehead atoms. The molecule has 0 aromatic rings. The van der Waals surface area contributed by atoms with Crippen LogP contribution < -0.4 is 0 Å². The molecule has 0 unspecified atom stereocenters. The minimum Gasteiger partial charge on any atom is -0.423 e. The fourth-order valence-electron chi connectivity index (χ4n) is 1.58. The van der Waals surface area contributed by atoms with E-state index in [1.165, 1.54) is 0 Å². The zero-order chi connectivity index (χ0) is 14.7. The molecule has 1 N–H and O–H groups in total. The van der Waals surface area contributed by atoms with E-state index in [1.54, 1.807) is 4.90 Å². The number of carbonyl (C=O) groups excluding carboxylic acids is 1. The third-order valence-corrected chi connectivity index (χ3v) is 8.58. The lowest BCUT2D eigenvalue weighted by Gasteiger charge is -2.36. The van der Waals surface area contributed by atoms with Crippen molar-refractivity contribution in [1.29, 1.82) is 0 Å². The van der Waals surface area contributed by atoms with Gasteiger partial charge in [-0.15, -0.1) is 0 Å². The molecule has 1 heterocycles.